The van der Waals surface area contributed by atoms with Gasteiger partial charge in [0.2, 0.25) is 0 Å². The minimum atomic E-state index is -0.788. The predicted octanol–water partition coefficient (Wildman–Crippen LogP) is 10.4. The molecule has 0 saturated carbocycles. The molecule has 0 heterocycles. The second-order valence-corrected chi connectivity index (χ2v) is 12.7. The Balaban J connectivity index is 1.11. The van der Waals surface area contributed by atoms with E-state index in [2.05, 4.69) is 0 Å². The molecule has 0 unspecified atom stereocenters. The van der Waals surface area contributed by atoms with Crippen LogP contribution in [0.3, 0.4) is 0 Å². The second-order valence-electron chi connectivity index (χ2n) is 12.7. The standard InChI is InChI=1S/C48H36O9/c1-52-40-16-4-31(5-17-40)34-10-22-43(23-11-34)55-46(49)37-28-38(47(50)56-44-24-12-35(13-25-44)32-6-18-41(53-2)19-7-32)30-39(29-37)48(51)57-45-26-14-36(15-27-45)33-8-20-42(54-3)21-9-33/h4-30H,1-3H3. The lowest BCUT2D eigenvalue weighted by molar-refractivity contribution is 0.0734. The van der Waals surface area contributed by atoms with E-state index in [1.54, 1.807) is 57.7 Å². The van der Waals surface area contributed by atoms with Crippen LogP contribution in [0.5, 0.6) is 34.5 Å². The van der Waals surface area contributed by atoms with Gasteiger partial charge < -0.3 is 28.4 Å². The average molecular weight is 757 g/mol. The number of carbonyl (C=O) groups is 3. The number of hydrogen-bond donors (Lipinski definition) is 0. The molecular weight excluding hydrogens is 721 g/mol. The topological polar surface area (TPSA) is 107 Å². The second kappa shape index (κ2) is 17.2. The molecule has 9 heteroatoms. The quantitative estimate of drug-likeness (QED) is 0.0889. The van der Waals surface area contributed by atoms with E-state index in [0.717, 1.165) is 50.6 Å². The Morgan fingerprint density at radius 2 is 0.456 bits per heavy atom. The molecule has 0 saturated heterocycles. The third kappa shape index (κ3) is 9.18. The first kappa shape index (κ1) is 37.7. The summed E-state index contributed by atoms with van der Waals surface area (Å²) in [6.07, 6.45) is 0. The third-order valence-electron chi connectivity index (χ3n) is 9.10. The van der Waals surface area contributed by atoms with E-state index in [1.165, 1.54) is 18.2 Å². The number of carbonyl (C=O) groups excluding carboxylic acids is 3. The number of hydrogen-bond acceptors (Lipinski definition) is 9. The summed E-state index contributed by atoms with van der Waals surface area (Å²) in [5.74, 6) is 0.655. The Bertz CT molecular complexity index is 2190. The van der Waals surface area contributed by atoms with Crippen molar-refractivity contribution < 1.29 is 42.8 Å². The van der Waals surface area contributed by atoms with Crippen LogP contribution in [-0.4, -0.2) is 39.2 Å². The van der Waals surface area contributed by atoms with Crippen molar-refractivity contribution >= 4 is 17.9 Å². The molecule has 7 aromatic carbocycles. The molecule has 0 atom stereocenters. The molecule has 9 nitrogen and oxygen atoms in total. The highest BCUT2D eigenvalue weighted by atomic mass is 16.5. The van der Waals surface area contributed by atoms with Crippen LogP contribution in [0.1, 0.15) is 31.1 Å². The lowest BCUT2D eigenvalue weighted by atomic mass is 10.0. The van der Waals surface area contributed by atoms with Gasteiger partial charge in [0.15, 0.2) is 0 Å². The monoisotopic (exact) mass is 756 g/mol. The van der Waals surface area contributed by atoms with Crippen LogP contribution < -0.4 is 28.4 Å². The van der Waals surface area contributed by atoms with Crippen molar-refractivity contribution in [2.75, 3.05) is 21.3 Å². The Kier molecular flexibility index (Phi) is 11.4. The minimum absolute atomic E-state index is 0.0552. The largest absolute Gasteiger partial charge is 0.497 e. The van der Waals surface area contributed by atoms with E-state index in [0.29, 0.717) is 0 Å². The molecule has 0 bridgehead atoms. The third-order valence-corrected chi connectivity index (χ3v) is 9.10. The van der Waals surface area contributed by atoms with Crippen LogP contribution in [-0.2, 0) is 0 Å². The summed E-state index contributed by atoms with van der Waals surface area (Å²) in [6.45, 7) is 0. The highest BCUT2D eigenvalue weighted by molar-refractivity contribution is 6.02. The van der Waals surface area contributed by atoms with Gasteiger partial charge in [0.1, 0.15) is 34.5 Å². The van der Waals surface area contributed by atoms with Crippen molar-refractivity contribution in [1.29, 1.82) is 0 Å². The summed E-state index contributed by atoms with van der Waals surface area (Å²) in [4.78, 5) is 40.7. The van der Waals surface area contributed by atoms with Gasteiger partial charge in [0.25, 0.3) is 0 Å². The van der Waals surface area contributed by atoms with Crippen LogP contribution in [0.2, 0.25) is 0 Å². The molecule has 7 aromatic rings. The molecule has 0 aromatic heterocycles. The molecule has 282 valence electrons. The van der Waals surface area contributed by atoms with Crippen molar-refractivity contribution in [1.82, 2.24) is 0 Å². The number of rotatable bonds is 12. The smallest absolute Gasteiger partial charge is 0.343 e. The SMILES string of the molecule is COc1ccc(-c2ccc(OC(=O)c3cc(C(=O)Oc4ccc(-c5ccc(OC)cc5)cc4)cc(C(=O)Oc4ccc(-c5ccc(OC)cc5)cc4)c3)cc2)cc1. The first-order valence-electron chi connectivity index (χ1n) is 17.8. The van der Waals surface area contributed by atoms with Crippen LogP contribution in [0, 0.1) is 0 Å². The van der Waals surface area contributed by atoms with E-state index >= 15 is 0 Å². The zero-order chi connectivity index (χ0) is 39.7. The Morgan fingerprint density at radius 1 is 0.281 bits per heavy atom. The average Bonchev–Trinajstić information content (AvgIpc) is 3.27. The molecule has 0 aliphatic rings. The predicted molar refractivity (Wildman–Crippen MR) is 217 cm³/mol. The van der Waals surface area contributed by atoms with Crippen molar-refractivity contribution in [3.63, 3.8) is 0 Å². The van der Waals surface area contributed by atoms with E-state index in [9.17, 15) is 14.4 Å². The van der Waals surface area contributed by atoms with E-state index < -0.39 is 17.9 Å². The van der Waals surface area contributed by atoms with Gasteiger partial charge in [0, 0.05) is 0 Å². The van der Waals surface area contributed by atoms with Gasteiger partial charge in [-0.1, -0.05) is 72.8 Å². The first-order chi connectivity index (χ1) is 27.8. The van der Waals surface area contributed by atoms with Crippen LogP contribution in [0.15, 0.2) is 164 Å². The van der Waals surface area contributed by atoms with Crippen molar-refractivity contribution in [3.05, 3.63) is 180 Å². The van der Waals surface area contributed by atoms with E-state index in [4.69, 9.17) is 28.4 Å². The molecule has 0 N–H and O–H groups in total. The lowest BCUT2D eigenvalue weighted by Gasteiger charge is -2.11. The zero-order valence-corrected chi connectivity index (χ0v) is 31.3. The van der Waals surface area contributed by atoms with Gasteiger partial charge in [-0.15, -0.1) is 0 Å². The highest BCUT2D eigenvalue weighted by Crippen LogP contribution is 2.29. The van der Waals surface area contributed by atoms with Gasteiger partial charge >= 0.3 is 17.9 Å². The summed E-state index contributed by atoms with van der Waals surface area (Å²) in [5.41, 5.74) is 5.40. The lowest BCUT2D eigenvalue weighted by Crippen LogP contribution is -2.16. The molecule has 0 amide bonds. The summed E-state index contributed by atoms with van der Waals surface area (Å²) in [5, 5.41) is 0. The Morgan fingerprint density at radius 3 is 0.632 bits per heavy atom. The molecule has 0 aliphatic carbocycles. The fourth-order valence-electron chi connectivity index (χ4n) is 5.98. The van der Waals surface area contributed by atoms with Crippen molar-refractivity contribution in [2.24, 2.45) is 0 Å². The molecule has 7 rings (SSSR count). The van der Waals surface area contributed by atoms with Crippen molar-refractivity contribution in [3.8, 4) is 67.9 Å². The molecule has 0 spiro atoms. The van der Waals surface area contributed by atoms with E-state index in [-0.39, 0.29) is 33.9 Å². The Hall–Kier alpha value is -7.65. The first-order valence-corrected chi connectivity index (χ1v) is 17.8. The van der Waals surface area contributed by atoms with Gasteiger partial charge in [-0.2, -0.15) is 0 Å². The molecule has 0 aliphatic heterocycles. The van der Waals surface area contributed by atoms with Crippen LogP contribution >= 0.6 is 0 Å². The van der Waals surface area contributed by atoms with Gasteiger partial charge in [-0.05, 0) is 124 Å². The summed E-state index contributed by atoms with van der Waals surface area (Å²) < 4.78 is 32.8. The van der Waals surface area contributed by atoms with Crippen LogP contribution in [0.25, 0.3) is 33.4 Å². The molecule has 57 heavy (non-hydrogen) atoms. The van der Waals surface area contributed by atoms with Crippen molar-refractivity contribution in [2.45, 2.75) is 0 Å². The fraction of sp³-hybridized carbons (Fsp3) is 0.0625. The number of ether oxygens (including phenoxy) is 6. The Labute approximate surface area is 329 Å². The fourth-order valence-corrected chi connectivity index (χ4v) is 5.98. The maximum Gasteiger partial charge on any atom is 0.343 e. The van der Waals surface area contributed by atoms with Gasteiger partial charge in [0.05, 0.1) is 38.0 Å². The maximum atomic E-state index is 13.6. The molecular formula is C48H36O9. The maximum absolute atomic E-state index is 13.6. The highest BCUT2D eigenvalue weighted by Gasteiger charge is 2.21. The summed E-state index contributed by atoms with van der Waals surface area (Å²) >= 11 is 0. The number of benzene rings is 7. The minimum Gasteiger partial charge on any atom is -0.497 e. The zero-order valence-electron chi connectivity index (χ0n) is 31.3. The van der Waals surface area contributed by atoms with E-state index in [1.807, 2.05) is 109 Å². The molecule has 0 radical (unpaired) electrons. The van der Waals surface area contributed by atoms with Crippen LogP contribution in [0.4, 0.5) is 0 Å². The summed E-state index contributed by atoms with van der Waals surface area (Å²) in [6, 6.07) is 47.6. The van der Waals surface area contributed by atoms with Gasteiger partial charge in [-0.3, -0.25) is 0 Å². The number of esters is 3. The summed E-state index contributed by atoms with van der Waals surface area (Å²) in [7, 11) is 4.82. The number of methoxy groups -OCH3 is 3. The molecule has 0 fully saturated rings. The normalized spacial score (nSPS) is 10.6. The van der Waals surface area contributed by atoms with Gasteiger partial charge in [-0.25, -0.2) is 14.4 Å².